The zero-order valence-corrected chi connectivity index (χ0v) is 30.7. The van der Waals surface area contributed by atoms with Gasteiger partial charge in [0, 0.05) is 43.4 Å². The maximum atomic E-state index is 12.6. The number of nitrogen functional groups attached to an aromatic ring is 1. The summed E-state index contributed by atoms with van der Waals surface area (Å²) in [5.74, 6) is 12.1. The molecule has 0 aliphatic carbocycles. The van der Waals surface area contributed by atoms with Crippen LogP contribution in [0.2, 0.25) is 0 Å². The Hall–Kier alpha value is -4.42. The molecule has 1 aliphatic heterocycles. The molecule has 22 heteroatoms. The lowest BCUT2D eigenvalue weighted by Gasteiger charge is -2.19. The molecule has 5 rings (SSSR count). The quantitative estimate of drug-likeness (QED) is 0.0642. The molecule has 0 aromatic carbocycles. The second-order valence-electron chi connectivity index (χ2n) is 11.4. The topological polar surface area (TPSA) is 289 Å². The minimum Gasteiger partial charge on any atom is -0.390 e. The van der Waals surface area contributed by atoms with Crippen molar-refractivity contribution in [1.82, 2.24) is 24.5 Å². The van der Waals surface area contributed by atoms with Crippen LogP contribution in [-0.2, 0) is 31.6 Å². The molecule has 19 nitrogen and oxygen atoms in total. The van der Waals surface area contributed by atoms with Gasteiger partial charge in [-0.05, 0) is 49.2 Å². The molecule has 5 heterocycles. The Labute approximate surface area is 307 Å². The molecule has 1 aliphatic rings. The van der Waals surface area contributed by atoms with Crippen LogP contribution >= 0.6 is 23.5 Å². The highest BCUT2D eigenvalue weighted by molar-refractivity contribution is 7.66. The largest absolute Gasteiger partial charge is 0.490 e. The predicted octanol–water partition coefficient (Wildman–Crippen LogP) is 3.30. The van der Waals surface area contributed by atoms with Gasteiger partial charge in [-0.25, -0.2) is 23.5 Å². The minimum absolute atomic E-state index is 0.134. The number of unbranched alkanes of at least 4 members (excludes halogenated alkanes) is 3. The van der Waals surface area contributed by atoms with Crippen molar-refractivity contribution in [2.75, 3.05) is 12.3 Å². The van der Waals surface area contributed by atoms with Gasteiger partial charge in [0.15, 0.2) is 0 Å². The molecule has 0 bridgehead atoms. The van der Waals surface area contributed by atoms with Gasteiger partial charge in [-0.2, -0.15) is 13.6 Å². The molecule has 0 saturated carbocycles. The molecule has 4 aromatic heterocycles. The number of rotatable bonds is 13. The fourth-order valence-electron chi connectivity index (χ4n) is 4.93. The van der Waals surface area contributed by atoms with E-state index in [0.717, 1.165) is 16.6 Å². The van der Waals surface area contributed by atoms with Gasteiger partial charge >= 0.3 is 29.2 Å². The Morgan fingerprint density at radius 1 is 0.852 bits per heavy atom. The molecule has 5 atom stereocenters. The highest BCUT2D eigenvalue weighted by atomic mass is 31.3. The molecular weight excluding hydrogens is 769 g/mol. The van der Waals surface area contributed by atoms with Crippen LogP contribution in [0.5, 0.6) is 0 Å². The van der Waals surface area contributed by atoms with E-state index in [-0.39, 0.29) is 17.8 Å². The third-order valence-corrected chi connectivity index (χ3v) is 11.1. The third kappa shape index (κ3) is 12.0. The van der Waals surface area contributed by atoms with Crippen molar-refractivity contribution in [3.63, 3.8) is 0 Å². The lowest BCUT2D eigenvalue weighted by atomic mass is 10.1. The van der Waals surface area contributed by atoms with Gasteiger partial charge in [0.1, 0.15) is 18.1 Å². The second-order valence-corrected chi connectivity index (χ2v) is 15.8. The Morgan fingerprint density at radius 3 is 2.04 bits per heavy atom. The summed E-state index contributed by atoms with van der Waals surface area (Å²) in [6, 6.07) is 15.0. The fourth-order valence-corrected chi connectivity index (χ4v) is 7.96. The summed E-state index contributed by atoms with van der Waals surface area (Å²) in [6.45, 7) is -0.906. The van der Waals surface area contributed by atoms with Crippen LogP contribution in [0.3, 0.4) is 0 Å². The summed E-state index contributed by atoms with van der Waals surface area (Å²) in [5, 5.41) is 10.4. The molecule has 7 N–H and O–H groups in total. The summed E-state index contributed by atoms with van der Waals surface area (Å²) in [5.41, 5.74) is 8.85. The Balaban J connectivity index is 1.15. The molecule has 0 radical (unpaired) electrons. The monoisotopic (exact) mass is 802 g/mol. The number of pyridine rings is 3. The van der Waals surface area contributed by atoms with Gasteiger partial charge in [-0.15, -0.1) is 0 Å². The predicted molar refractivity (Wildman–Crippen MR) is 190 cm³/mol. The van der Waals surface area contributed by atoms with Gasteiger partial charge in [0.05, 0.1) is 41.1 Å². The van der Waals surface area contributed by atoms with Crippen molar-refractivity contribution in [3.8, 4) is 46.5 Å². The Kier molecular flexibility index (Phi) is 13.4. The van der Waals surface area contributed by atoms with Crippen molar-refractivity contribution in [3.05, 3.63) is 88.7 Å². The first kappa shape index (κ1) is 40.8. The van der Waals surface area contributed by atoms with Crippen molar-refractivity contribution >= 4 is 29.3 Å². The molecule has 284 valence electrons. The van der Waals surface area contributed by atoms with Crippen LogP contribution in [0.1, 0.15) is 49.5 Å². The van der Waals surface area contributed by atoms with E-state index in [0.29, 0.717) is 42.0 Å². The van der Waals surface area contributed by atoms with E-state index in [1.54, 1.807) is 12.4 Å². The molecule has 54 heavy (non-hydrogen) atoms. The summed E-state index contributed by atoms with van der Waals surface area (Å²) >= 11 is 0. The highest BCUT2D eigenvalue weighted by Crippen LogP contribution is 2.66. The minimum atomic E-state index is -5.74. The summed E-state index contributed by atoms with van der Waals surface area (Å²) in [4.78, 5) is 66.2. The number of phosphoric ester groups is 1. The van der Waals surface area contributed by atoms with E-state index in [2.05, 4.69) is 51.8 Å². The number of ether oxygens (including phenoxy) is 1. The van der Waals surface area contributed by atoms with Gasteiger partial charge in [-0.1, -0.05) is 35.8 Å². The fraction of sp³-hybridized carbons (Fsp3) is 0.281. The lowest BCUT2D eigenvalue weighted by Crippen LogP contribution is -2.29. The van der Waals surface area contributed by atoms with Gasteiger partial charge in [0.2, 0.25) is 0 Å². The average Bonchev–Trinajstić information content (AvgIpc) is 3.48. The Morgan fingerprint density at radius 2 is 1.46 bits per heavy atom. The number of hydrogen-bond acceptors (Lipinski definition) is 14. The number of aliphatic hydroxyl groups excluding tert-OH is 1. The molecular formula is C32H33N6O13P3. The highest BCUT2D eigenvalue weighted by Gasteiger charge is 2.43. The zero-order chi connectivity index (χ0) is 38.9. The van der Waals surface area contributed by atoms with E-state index in [1.807, 2.05) is 48.5 Å². The van der Waals surface area contributed by atoms with Crippen LogP contribution in [0.15, 0.2) is 71.9 Å². The zero-order valence-electron chi connectivity index (χ0n) is 28.0. The number of aromatic nitrogens is 5. The number of anilines is 1. The standard InChI is InChI=1S/C32H33N6O13P3/c33-31-23(20-38(32(40)37-31)30-19-28(39)29(49-30)21-48-53(44,45)51-54(46,47)50-52(41,42)43)12-6-4-2-1-3-5-11-22-17-26(24-13-7-9-15-34-24)36-27(18-22)25-14-8-10-16-35-25/h7-10,13-18,20,28-30,39H,1-4,19,21H2,(H,44,45)(H,46,47)(H2,33,37,40)(H2,41,42,43)/t28-,29+,30+/m0/s1. The maximum Gasteiger partial charge on any atom is 0.490 e. The first-order chi connectivity index (χ1) is 25.6. The number of phosphoric acid groups is 3. The molecule has 2 unspecified atom stereocenters. The maximum absolute atomic E-state index is 12.6. The number of nitrogens with two attached hydrogens (primary N) is 1. The van der Waals surface area contributed by atoms with E-state index in [1.165, 1.54) is 6.20 Å². The van der Waals surface area contributed by atoms with Gasteiger partial charge in [0.25, 0.3) is 0 Å². The van der Waals surface area contributed by atoms with Crippen LogP contribution in [-0.4, -0.2) is 68.0 Å². The normalized spacial score (nSPS) is 19.1. The third-order valence-electron chi connectivity index (χ3n) is 7.30. The van der Waals surface area contributed by atoms with Crippen molar-refractivity contribution in [2.45, 2.75) is 50.5 Å². The van der Waals surface area contributed by atoms with Crippen molar-refractivity contribution < 1.29 is 56.3 Å². The van der Waals surface area contributed by atoms with E-state index in [9.17, 15) is 33.4 Å². The number of hydrogen-bond donors (Lipinski definition) is 6. The number of aliphatic hydroxyl groups is 1. The molecule has 1 saturated heterocycles. The van der Waals surface area contributed by atoms with Gasteiger partial charge < -0.3 is 35.2 Å². The van der Waals surface area contributed by atoms with Crippen LogP contribution in [0, 0.1) is 23.7 Å². The average molecular weight is 803 g/mol. The molecule has 1 fully saturated rings. The second kappa shape index (κ2) is 17.8. The summed E-state index contributed by atoms with van der Waals surface area (Å²) < 4.78 is 52.8. The smallest absolute Gasteiger partial charge is 0.390 e. The lowest BCUT2D eigenvalue weighted by molar-refractivity contribution is -0.0449. The van der Waals surface area contributed by atoms with Crippen LogP contribution in [0.25, 0.3) is 22.8 Å². The first-order valence-electron chi connectivity index (χ1n) is 15.9. The SMILES string of the molecule is Nc1nc(=O)n([C@H]2C[C@H](O)[C@@H](COP(=O)(O)OP(=O)(O)OP(=O)(O)O)O2)cc1C#CCCCCC#Cc1cc(-c2ccccn2)nc(-c2ccccn2)c1. The van der Waals surface area contributed by atoms with Gasteiger partial charge in [-0.3, -0.25) is 19.1 Å². The van der Waals surface area contributed by atoms with Crippen molar-refractivity contribution in [2.24, 2.45) is 0 Å². The van der Waals surface area contributed by atoms with E-state index in [4.69, 9.17) is 25.2 Å². The summed E-state index contributed by atoms with van der Waals surface area (Å²) in [6.07, 6.45) is 3.14. The van der Waals surface area contributed by atoms with Crippen molar-refractivity contribution in [1.29, 1.82) is 0 Å². The molecule has 0 amide bonds. The number of nitrogens with zero attached hydrogens (tertiary/aromatic N) is 5. The van der Waals surface area contributed by atoms with Crippen LogP contribution in [0.4, 0.5) is 5.82 Å². The first-order valence-corrected chi connectivity index (χ1v) is 20.4. The van der Waals surface area contributed by atoms with E-state index < -0.39 is 54.2 Å². The summed E-state index contributed by atoms with van der Waals surface area (Å²) in [7, 11) is -16.8. The Bertz CT molecular complexity index is 2230. The van der Waals surface area contributed by atoms with E-state index >= 15 is 0 Å². The molecule has 4 aromatic rings. The molecule has 0 spiro atoms. The van der Waals surface area contributed by atoms with Crippen LogP contribution < -0.4 is 11.4 Å².